The summed E-state index contributed by atoms with van der Waals surface area (Å²) in [6.45, 7) is 4.20. The molecule has 0 atom stereocenters. The number of hydrogen-bond acceptors (Lipinski definition) is 4. The number of pyridine rings is 1. The van der Waals surface area contributed by atoms with Crippen LogP contribution in [0.2, 0.25) is 0 Å². The number of rotatable bonds is 2. The van der Waals surface area contributed by atoms with Crippen LogP contribution in [-0.2, 0) is 0 Å². The van der Waals surface area contributed by atoms with E-state index in [4.69, 9.17) is 10.7 Å². The van der Waals surface area contributed by atoms with Gasteiger partial charge in [-0.1, -0.05) is 29.8 Å². The van der Waals surface area contributed by atoms with Gasteiger partial charge < -0.3 is 5.73 Å². The second kappa shape index (κ2) is 5.21. The molecule has 23 heavy (non-hydrogen) atoms. The topological polar surface area (TPSA) is 56.2 Å². The van der Waals surface area contributed by atoms with E-state index in [0.29, 0.717) is 5.82 Å². The lowest BCUT2D eigenvalue weighted by molar-refractivity contribution is 1.23. The molecule has 0 aliphatic rings. The molecule has 0 unspecified atom stereocenters. The van der Waals surface area contributed by atoms with Crippen LogP contribution >= 0.6 is 11.3 Å². The highest BCUT2D eigenvalue weighted by Gasteiger charge is 2.19. The Bertz CT molecular complexity index is 981. The third-order valence-corrected chi connectivity index (χ3v) is 4.92. The molecule has 4 aromatic rings. The van der Waals surface area contributed by atoms with E-state index in [1.165, 1.54) is 10.4 Å². The van der Waals surface area contributed by atoms with Crippen molar-refractivity contribution in [2.45, 2.75) is 13.8 Å². The highest BCUT2D eigenvalue weighted by atomic mass is 32.1. The Morgan fingerprint density at radius 1 is 0.957 bits per heavy atom. The second-order valence-corrected chi connectivity index (χ2v) is 6.75. The number of anilines is 1. The SMILES string of the molecule is Cc1ccc(-c2c(C)sc3nc(-c4ccncc4)c(N)n23)cc1. The van der Waals surface area contributed by atoms with Gasteiger partial charge in [-0.2, -0.15) is 0 Å². The predicted octanol–water partition coefficient (Wildman–Crippen LogP) is 4.32. The maximum atomic E-state index is 6.44. The first kappa shape index (κ1) is 14.0. The summed E-state index contributed by atoms with van der Waals surface area (Å²) in [6.07, 6.45) is 3.52. The minimum atomic E-state index is 0.672. The smallest absolute Gasteiger partial charge is 0.196 e. The molecule has 0 spiro atoms. The monoisotopic (exact) mass is 320 g/mol. The van der Waals surface area contributed by atoms with Crippen molar-refractivity contribution in [3.8, 4) is 22.5 Å². The van der Waals surface area contributed by atoms with Crippen LogP contribution in [0.5, 0.6) is 0 Å². The Kier molecular flexibility index (Phi) is 3.16. The molecule has 4 nitrogen and oxygen atoms in total. The number of nitrogens with two attached hydrogens (primary N) is 1. The number of thiazole rings is 1. The molecular formula is C18H16N4S. The molecule has 0 radical (unpaired) electrons. The van der Waals surface area contributed by atoms with Gasteiger partial charge in [0.05, 0.1) is 5.69 Å². The fourth-order valence-corrected chi connectivity index (χ4v) is 3.80. The number of nitrogens with zero attached hydrogens (tertiary/aromatic N) is 3. The van der Waals surface area contributed by atoms with E-state index in [1.807, 2.05) is 12.1 Å². The first-order valence-electron chi connectivity index (χ1n) is 7.40. The third-order valence-electron chi connectivity index (χ3n) is 3.96. The van der Waals surface area contributed by atoms with Crippen LogP contribution in [-0.4, -0.2) is 14.4 Å². The minimum absolute atomic E-state index is 0.672. The van der Waals surface area contributed by atoms with Gasteiger partial charge in [0.15, 0.2) is 4.96 Å². The summed E-state index contributed by atoms with van der Waals surface area (Å²) in [5, 5.41) is 0. The molecule has 0 saturated heterocycles. The van der Waals surface area contributed by atoms with Crippen molar-refractivity contribution < 1.29 is 0 Å². The molecule has 0 aliphatic heterocycles. The Morgan fingerprint density at radius 3 is 2.35 bits per heavy atom. The zero-order chi connectivity index (χ0) is 16.0. The highest BCUT2D eigenvalue weighted by Crippen LogP contribution is 2.37. The number of fused-ring (bicyclic) bond motifs is 1. The summed E-state index contributed by atoms with van der Waals surface area (Å²) in [4.78, 5) is 10.9. The Morgan fingerprint density at radius 2 is 1.65 bits per heavy atom. The number of nitrogen functional groups attached to an aromatic ring is 1. The first-order chi connectivity index (χ1) is 11.1. The molecule has 2 N–H and O–H groups in total. The first-order valence-corrected chi connectivity index (χ1v) is 8.21. The van der Waals surface area contributed by atoms with E-state index in [-0.39, 0.29) is 0 Å². The van der Waals surface area contributed by atoms with Crippen LogP contribution < -0.4 is 5.73 Å². The average molecular weight is 320 g/mol. The molecule has 0 amide bonds. The van der Waals surface area contributed by atoms with Gasteiger partial charge in [0.1, 0.15) is 11.5 Å². The lowest BCUT2D eigenvalue weighted by atomic mass is 10.1. The molecule has 5 heteroatoms. The maximum Gasteiger partial charge on any atom is 0.196 e. The summed E-state index contributed by atoms with van der Waals surface area (Å²) < 4.78 is 2.06. The number of hydrogen-bond donors (Lipinski definition) is 1. The molecule has 0 bridgehead atoms. The van der Waals surface area contributed by atoms with E-state index in [2.05, 4.69) is 47.5 Å². The van der Waals surface area contributed by atoms with Gasteiger partial charge in [-0.15, -0.1) is 11.3 Å². The molecule has 1 aromatic carbocycles. The van der Waals surface area contributed by atoms with Gasteiger partial charge in [0.2, 0.25) is 0 Å². The Labute approximate surface area is 138 Å². The minimum Gasteiger partial charge on any atom is -0.383 e. The highest BCUT2D eigenvalue weighted by molar-refractivity contribution is 7.17. The van der Waals surface area contributed by atoms with Gasteiger partial charge in [0, 0.05) is 22.8 Å². The molecule has 3 heterocycles. The van der Waals surface area contributed by atoms with Gasteiger partial charge >= 0.3 is 0 Å². The quantitative estimate of drug-likeness (QED) is 0.598. The van der Waals surface area contributed by atoms with E-state index < -0.39 is 0 Å². The van der Waals surface area contributed by atoms with Crippen molar-refractivity contribution in [1.82, 2.24) is 14.4 Å². The lowest BCUT2D eigenvalue weighted by Gasteiger charge is -2.05. The summed E-state index contributed by atoms with van der Waals surface area (Å²) in [5.41, 5.74) is 11.8. The standard InChI is InChI=1S/C18H16N4S/c1-11-3-5-14(6-4-11)16-12(2)23-18-21-15(17(19)22(16)18)13-7-9-20-10-8-13/h3-10H,19H2,1-2H3. The molecular weight excluding hydrogens is 304 g/mol. The third kappa shape index (κ3) is 2.21. The molecule has 0 saturated carbocycles. The molecule has 114 valence electrons. The van der Waals surface area contributed by atoms with Crippen molar-refractivity contribution in [3.63, 3.8) is 0 Å². The summed E-state index contributed by atoms with van der Waals surface area (Å²) in [6, 6.07) is 12.4. The molecule has 4 rings (SSSR count). The van der Waals surface area contributed by atoms with E-state index in [0.717, 1.165) is 27.5 Å². The van der Waals surface area contributed by atoms with Crippen molar-refractivity contribution >= 4 is 22.1 Å². The van der Waals surface area contributed by atoms with Crippen LogP contribution in [0.3, 0.4) is 0 Å². The van der Waals surface area contributed by atoms with Gasteiger partial charge in [-0.05, 0) is 31.5 Å². The summed E-state index contributed by atoms with van der Waals surface area (Å²) >= 11 is 1.66. The van der Waals surface area contributed by atoms with Crippen molar-refractivity contribution in [2.24, 2.45) is 0 Å². The van der Waals surface area contributed by atoms with Gasteiger partial charge in [0.25, 0.3) is 0 Å². The fraction of sp³-hybridized carbons (Fsp3) is 0.111. The Balaban J connectivity index is 1.97. The number of imidazole rings is 1. The molecule has 3 aromatic heterocycles. The molecule has 0 fully saturated rings. The van der Waals surface area contributed by atoms with Crippen LogP contribution in [0.4, 0.5) is 5.82 Å². The second-order valence-electron chi connectivity index (χ2n) is 5.57. The van der Waals surface area contributed by atoms with Crippen LogP contribution in [0.15, 0.2) is 48.8 Å². The maximum absolute atomic E-state index is 6.44. The van der Waals surface area contributed by atoms with Crippen molar-refractivity contribution in [1.29, 1.82) is 0 Å². The average Bonchev–Trinajstić information content (AvgIpc) is 3.05. The van der Waals surface area contributed by atoms with Crippen molar-refractivity contribution in [2.75, 3.05) is 5.73 Å². The van der Waals surface area contributed by atoms with E-state index in [9.17, 15) is 0 Å². The van der Waals surface area contributed by atoms with E-state index >= 15 is 0 Å². The summed E-state index contributed by atoms with van der Waals surface area (Å²) in [5.74, 6) is 0.672. The number of benzene rings is 1. The van der Waals surface area contributed by atoms with Gasteiger partial charge in [-0.3, -0.25) is 9.38 Å². The van der Waals surface area contributed by atoms with Crippen LogP contribution in [0, 0.1) is 13.8 Å². The van der Waals surface area contributed by atoms with E-state index in [1.54, 1.807) is 23.7 Å². The van der Waals surface area contributed by atoms with Crippen molar-refractivity contribution in [3.05, 3.63) is 59.2 Å². The zero-order valence-electron chi connectivity index (χ0n) is 12.9. The normalized spacial score (nSPS) is 11.2. The lowest BCUT2D eigenvalue weighted by Crippen LogP contribution is -1.96. The van der Waals surface area contributed by atoms with Gasteiger partial charge in [-0.25, -0.2) is 4.98 Å². The summed E-state index contributed by atoms with van der Waals surface area (Å²) in [7, 11) is 0. The van der Waals surface area contributed by atoms with Crippen LogP contribution in [0.1, 0.15) is 10.4 Å². The number of aryl methyl sites for hydroxylation is 2. The zero-order valence-corrected chi connectivity index (χ0v) is 13.8. The largest absolute Gasteiger partial charge is 0.383 e. The number of aromatic nitrogens is 3. The predicted molar refractivity (Wildman–Crippen MR) is 95.6 cm³/mol. The molecule has 0 aliphatic carbocycles. The Hall–Kier alpha value is -2.66. The fourth-order valence-electron chi connectivity index (χ4n) is 2.81. The van der Waals surface area contributed by atoms with Crippen LogP contribution in [0.25, 0.3) is 27.5 Å².